The van der Waals surface area contributed by atoms with E-state index in [1.54, 1.807) is 21.0 Å². The van der Waals surface area contributed by atoms with E-state index in [0.29, 0.717) is 30.3 Å². The molecule has 1 aromatic rings. The number of methoxy groups -OCH3 is 1. The van der Waals surface area contributed by atoms with Crippen LogP contribution in [0.3, 0.4) is 0 Å². The summed E-state index contributed by atoms with van der Waals surface area (Å²) in [5.74, 6) is 2.03. The summed E-state index contributed by atoms with van der Waals surface area (Å²) in [7, 11) is 1.60. The predicted molar refractivity (Wildman–Crippen MR) is 67.1 cm³/mol. The van der Waals surface area contributed by atoms with Crippen LogP contribution in [0.2, 0.25) is 0 Å². The van der Waals surface area contributed by atoms with E-state index in [-0.39, 0.29) is 6.79 Å². The van der Waals surface area contributed by atoms with Crippen molar-refractivity contribution in [1.82, 2.24) is 5.32 Å². The van der Waals surface area contributed by atoms with Gasteiger partial charge in [0.1, 0.15) is 0 Å². The van der Waals surface area contributed by atoms with Gasteiger partial charge < -0.3 is 24.6 Å². The third kappa shape index (κ3) is 3.05. The van der Waals surface area contributed by atoms with Crippen molar-refractivity contribution in [2.45, 2.75) is 26.0 Å². The highest BCUT2D eigenvalue weighted by atomic mass is 16.7. The van der Waals surface area contributed by atoms with Crippen LogP contribution in [-0.4, -0.2) is 31.2 Å². The summed E-state index contributed by atoms with van der Waals surface area (Å²) < 4.78 is 15.9. The largest absolute Gasteiger partial charge is 0.493 e. The Morgan fingerprint density at radius 1 is 1.39 bits per heavy atom. The molecule has 1 aromatic carbocycles. The van der Waals surface area contributed by atoms with Crippen LogP contribution in [0.25, 0.3) is 0 Å². The molecule has 2 N–H and O–H groups in total. The van der Waals surface area contributed by atoms with Crippen LogP contribution >= 0.6 is 0 Å². The molecular weight excluding hydrogens is 234 g/mol. The molecule has 0 bridgehead atoms. The Bertz CT molecular complexity index is 426. The molecule has 18 heavy (non-hydrogen) atoms. The van der Waals surface area contributed by atoms with Crippen LogP contribution in [0.1, 0.15) is 19.4 Å². The molecule has 1 aliphatic heterocycles. The Balaban J connectivity index is 2.05. The molecular formula is C13H19NO4. The molecule has 0 radical (unpaired) electrons. The summed E-state index contributed by atoms with van der Waals surface area (Å²) in [4.78, 5) is 0. The third-order valence-electron chi connectivity index (χ3n) is 2.60. The van der Waals surface area contributed by atoms with Gasteiger partial charge in [-0.25, -0.2) is 0 Å². The van der Waals surface area contributed by atoms with Crippen LogP contribution in [0.15, 0.2) is 12.1 Å². The van der Waals surface area contributed by atoms with Crippen LogP contribution in [0.5, 0.6) is 17.2 Å². The molecule has 5 heteroatoms. The van der Waals surface area contributed by atoms with Gasteiger partial charge in [-0.2, -0.15) is 0 Å². The van der Waals surface area contributed by atoms with E-state index >= 15 is 0 Å². The van der Waals surface area contributed by atoms with Gasteiger partial charge in [0.15, 0.2) is 11.5 Å². The minimum Gasteiger partial charge on any atom is -0.493 e. The van der Waals surface area contributed by atoms with E-state index in [2.05, 4.69) is 5.32 Å². The second kappa shape index (κ2) is 5.04. The summed E-state index contributed by atoms with van der Waals surface area (Å²) in [5.41, 5.74) is 0.306. The van der Waals surface area contributed by atoms with Gasteiger partial charge in [0.25, 0.3) is 0 Å². The van der Waals surface area contributed by atoms with Crippen molar-refractivity contribution in [3.63, 3.8) is 0 Å². The Hall–Kier alpha value is -1.46. The zero-order valence-corrected chi connectivity index (χ0v) is 10.9. The number of ether oxygens (including phenoxy) is 3. The Kier molecular flexibility index (Phi) is 3.63. The van der Waals surface area contributed by atoms with Crippen molar-refractivity contribution in [1.29, 1.82) is 0 Å². The lowest BCUT2D eigenvalue weighted by Gasteiger charge is -2.18. The standard InChI is InChI=1S/C13H19NO4/c1-13(2,15)7-14-6-9-4-10(16-3)12-11(5-9)17-8-18-12/h4-5,14-15H,6-8H2,1-3H3. The molecule has 1 aliphatic rings. The second-order valence-corrected chi connectivity index (χ2v) is 4.95. The SMILES string of the molecule is COc1cc(CNCC(C)(C)O)cc2c1OCO2. The summed E-state index contributed by atoms with van der Waals surface area (Å²) in [5, 5.41) is 12.8. The van der Waals surface area contributed by atoms with Crippen molar-refractivity contribution in [2.24, 2.45) is 0 Å². The Labute approximate surface area is 107 Å². The highest BCUT2D eigenvalue weighted by Crippen LogP contribution is 2.41. The lowest BCUT2D eigenvalue weighted by molar-refractivity contribution is 0.0795. The fraction of sp³-hybridized carbons (Fsp3) is 0.538. The van der Waals surface area contributed by atoms with Gasteiger partial charge in [0.2, 0.25) is 12.5 Å². The Morgan fingerprint density at radius 3 is 2.83 bits per heavy atom. The fourth-order valence-corrected chi connectivity index (χ4v) is 1.80. The molecule has 0 saturated carbocycles. The van der Waals surface area contributed by atoms with Crippen LogP contribution in [0.4, 0.5) is 0 Å². The summed E-state index contributed by atoms with van der Waals surface area (Å²) in [6, 6.07) is 3.83. The fourth-order valence-electron chi connectivity index (χ4n) is 1.80. The van der Waals surface area contributed by atoms with Crippen LogP contribution in [0, 0.1) is 0 Å². The first-order valence-corrected chi connectivity index (χ1v) is 5.89. The lowest BCUT2D eigenvalue weighted by Crippen LogP contribution is -2.34. The summed E-state index contributed by atoms with van der Waals surface area (Å²) >= 11 is 0. The maximum absolute atomic E-state index is 9.62. The average Bonchev–Trinajstić information content (AvgIpc) is 2.74. The first-order chi connectivity index (χ1) is 8.49. The van der Waals surface area contributed by atoms with Crippen molar-refractivity contribution < 1.29 is 19.3 Å². The number of fused-ring (bicyclic) bond motifs is 1. The van der Waals surface area contributed by atoms with E-state index in [0.717, 1.165) is 5.56 Å². The maximum Gasteiger partial charge on any atom is 0.231 e. The normalized spacial score (nSPS) is 13.8. The molecule has 0 atom stereocenters. The number of benzene rings is 1. The van der Waals surface area contributed by atoms with Gasteiger partial charge in [0.05, 0.1) is 12.7 Å². The average molecular weight is 253 g/mol. The summed E-state index contributed by atoms with van der Waals surface area (Å²) in [6.45, 7) is 4.91. The van der Waals surface area contributed by atoms with E-state index in [4.69, 9.17) is 14.2 Å². The topological polar surface area (TPSA) is 60.0 Å². The number of rotatable bonds is 5. The number of aliphatic hydroxyl groups is 1. The van der Waals surface area contributed by atoms with E-state index in [9.17, 15) is 5.11 Å². The molecule has 0 amide bonds. The van der Waals surface area contributed by atoms with E-state index < -0.39 is 5.60 Å². The minimum absolute atomic E-state index is 0.228. The van der Waals surface area contributed by atoms with E-state index in [1.165, 1.54) is 0 Å². The van der Waals surface area contributed by atoms with Crippen LogP contribution < -0.4 is 19.5 Å². The predicted octanol–water partition coefficient (Wildman–Crippen LogP) is 1.28. The first kappa shape index (κ1) is 13.0. The molecule has 5 nitrogen and oxygen atoms in total. The number of hydrogen-bond acceptors (Lipinski definition) is 5. The van der Waals surface area contributed by atoms with Gasteiger partial charge >= 0.3 is 0 Å². The van der Waals surface area contributed by atoms with Crippen molar-refractivity contribution in [3.05, 3.63) is 17.7 Å². The van der Waals surface area contributed by atoms with Gasteiger partial charge in [-0.1, -0.05) is 0 Å². The maximum atomic E-state index is 9.62. The molecule has 0 aromatic heterocycles. The zero-order chi connectivity index (χ0) is 13.2. The van der Waals surface area contributed by atoms with E-state index in [1.807, 2.05) is 12.1 Å². The lowest BCUT2D eigenvalue weighted by atomic mass is 10.1. The smallest absolute Gasteiger partial charge is 0.231 e. The second-order valence-electron chi connectivity index (χ2n) is 4.95. The molecule has 0 aliphatic carbocycles. The highest BCUT2D eigenvalue weighted by molar-refractivity contribution is 5.55. The van der Waals surface area contributed by atoms with Crippen molar-refractivity contribution >= 4 is 0 Å². The highest BCUT2D eigenvalue weighted by Gasteiger charge is 2.20. The van der Waals surface area contributed by atoms with Gasteiger partial charge in [0, 0.05) is 13.1 Å². The molecule has 0 fully saturated rings. The Morgan fingerprint density at radius 2 is 2.17 bits per heavy atom. The zero-order valence-electron chi connectivity index (χ0n) is 10.9. The number of nitrogens with one attached hydrogen (secondary N) is 1. The molecule has 0 spiro atoms. The third-order valence-corrected chi connectivity index (χ3v) is 2.60. The van der Waals surface area contributed by atoms with Crippen molar-refractivity contribution in [3.8, 4) is 17.2 Å². The quantitative estimate of drug-likeness (QED) is 0.828. The molecule has 100 valence electrons. The molecule has 0 unspecified atom stereocenters. The van der Waals surface area contributed by atoms with Gasteiger partial charge in [-0.3, -0.25) is 0 Å². The minimum atomic E-state index is -0.722. The molecule has 0 saturated heterocycles. The van der Waals surface area contributed by atoms with Crippen LogP contribution in [-0.2, 0) is 6.54 Å². The summed E-state index contributed by atoms with van der Waals surface area (Å²) in [6.07, 6.45) is 0. The van der Waals surface area contributed by atoms with Crippen molar-refractivity contribution in [2.75, 3.05) is 20.4 Å². The first-order valence-electron chi connectivity index (χ1n) is 5.89. The molecule has 1 heterocycles. The van der Waals surface area contributed by atoms with Gasteiger partial charge in [-0.15, -0.1) is 0 Å². The van der Waals surface area contributed by atoms with Gasteiger partial charge in [-0.05, 0) is 31.5 Å². The molecule has 2 rings (SSSR count). The monoisotopic (exact) mass is 253 g/mol. The number of hydrogen-bond donors (Lipinski definition) is 2.